The number of ether oxygens (including phenoxy) is 2. The predicted molar refractivity (Wildman–Crippen MR) is 91.8 cm³/mol. The first-order valence-electron chi connectivity index (χ1n) is 6.82. The second-order valence-corrected chi connectivity index (χ2v) is 6.78. The van der Waals surface area contributed by atoms with Crippen LogP contribution in [0.4, 0.5) is 0 Å². The van der Waals surface area contributed by atoms with Crippen LogP contribution in [0.2, 0.25) is 5.15 Å². The van der Waals surface area contributed by atoms with Crippen LogP contribution >= 0.6 is 34.2 Å². The normalized spacial score (nSPS) is 13.9. The summed E-state index contributed by atoms with van der Waals surface area (Å²) in [4.78, 5) is 16.6. The van der Waals surface area contributed by atoms with Crippen LogP contribution in [-0.2, 0) is 16.0 Å². The first kappa shape index (κ1) is 18.5. The fraction of sp³-hybridized carbons (Fsp3) is 0.600. The number of hydrogen-bond donors (Lipinski definition) is 0. The highest BCUT2D eigenvalue weighted by Crippen LogP contribution is 2.36. The molecule has 0 radical (unpaired) electrons. The van der Waals surface area contributed by atoms with E-state index in [0.717, 1.165) is 9.26 Å². The lowest BCUT2D eigenvalue weighted by Crippen LogP contribution is -2.37. The molecule has 0 saturated heterocycles. The second kappa shape index (κ2) is 7.63. The maximum Gasteiger partial charge on any atom is 0.312 e. The van der Waals surface area contributed by atoms with Crippen LogP contribution in [0.25, 0.3) is 0 Å². The molecular weight excluding hydrogens is 405 g/mol. The molecule has 118 valence electrons. The van der Waals surface area contributed by atoms with Gasteiger partial charge in [0, 0.05) is 0 Å². The maximum atomic E-state index is 12.3. The summed E-state index contributed by atoms with van der Waals surface area (Å²) >= 11 is 8.14. The molecule has 0 aromatic carbocycles. The Labute approximate surface area is 144 Å². The van der Waals surface area contributed by atoms with Crippen molar-refractivity contribution in [2.24, 2.45) is 11.3 Å². The van der Waals surface area contributed by atoms with Gasteiger partial charge in [0.25, 0.3) is 0 Å². The standard InChI is InChI=1S/C15H21ClINO3/c1-6-21-14(19)15(4,9(2)3)8-10-7-11(20-5)12(16)18-13(10)17/h7,9H,6,8H2,1-5H3. The van der Waals surface area contributed by atoms with Crippen molar-refractivity contribution in [3.8, 4) is 5.75 Å². The Bertz CT molecular complexity index is 522. The van der Waals surface area contributed by atoms with Crippen molar-refractivity contribution in [3.63, 3.8) is 0 Å². The summed E-state index contributed by atoms with van der Waals surface area (Å²) in [6.45, 7) is 8.15. The number of methoxy groups -OCH3 is 1. The summed E-state index contributed by atoms with van der Waals surface area (Å²) in [6, 6.07) is 1.84. The molecule has 0 fully saturated rings. The highest BCUT2D eigenvalue weighted by molar-refractivity contribution is 14.1. The summed E-state index contributed by atoms with van der Waals surface area (Å²) in [7, 11) is 1.55. The molecule has 0 aliphatic heterocycles. The van der Waals surface area contributed by atoms with Gasteiger partial charge in [-0.2, -0.15) is 0 Å². The third kappa shape index (κ3) is 4.22. The van der Waals surface area contributed by atoms with Crippen LogP contribution < -0.4 is 4.74 Å². The van der Waals surface area contributed by atoms with Crippen LogP contribution in [0.15, 0.2) is 6.07 Å². The van der Waals surface area contributed by atoms with E-state index in [-0.39, 0.29) is 11.9 Å². The highest BCUT2D eigenvalue weighted by atomic mass is 127. The van der Waals surface area contributed by atoms with E-state index in [1.165, 1.54) is 0 Å². The topological polar surface area (TPSA) is 48.4 Å². The van der Waals surface area contributed by atoms with E-state index in [9.17, 15) is 4.79 Å². The number of rotatable bonds is 6. The van der Waals surface area contributed by atoms with Gasteiger partial charge in [-0.1, -0.05) is 25.4 Å². The van der Waals surface area contributed by atoms with Gasteiger partial charge in [-0.05, 0) is 60.4 Å². The van der Waals surface area contributed by atoms with E-state index in [0.29, 0.717) is 23.9 Å². The number of aromatic nitrogens is 1. The zero-order chi connectivity index (χ0) is 16.2. The molecule has 0 N–H and O–H groups in total. The number of carbonyl (C=O) groups excluding carboxylic acids is 1. The summed E-state index contributed by atoms with van der Waals surface area (Å²) in [5, 5.41) is 0.327. The summed E-state index contributed by atoms with van der Waals surface area (Å²) < 4.78 is 11.2. The number of pyridine rings is 1. The fourth-order valence-corrected chi connectivity index (χ4v) is 2.91. The minimum atomic E-state index is -0.615. The molecule has 0 saturated carbocycles. The van der Waals surface area contributed by atoms with Crippen molar-refractivity contribution in [2.75, 3.05) is 13.7 Å². The maximum absolute atomic E-state index is 12.3. The first-order chi connectivity index (χ1) is 9.76. The van der Waals surface area contributed by atoms with Gasteiger partial charge >= 0.3 is 5.97 Å². The Morgan fingerprint density at radius 3 is 2.62 bits per heavy atom. The van der Waals surface area contributed by atoms with Crippen LogP contribution in [0.1, 0.15) is 33.3 Å². The van der Waals surface area contributed by atoms with E-state index < -0.39 is 5.41 Å². The predicted octanol–water partition coefficient (Wildman–Crippen LogP) is 4.12. The largest absolute Gasteiger partial charge is 0.494 e. The lowest BCUT2D eigenvalue weighted by Gasteiger charge is -2.31. The quantitative estimate of drug-likeness (QED) is 0.391. The number of esters is 1. The van der Waals surface area contributed by atoms with Crippen molar-refractivity contribution in [1.82, 2.24) is 4.98 Å². The van der Waals surface area contributed by atoms with Crippen LogP contribution in [0, 0.1) is 15.0 Å². The highest BCUT2D eigenvalue weighted by Gasteiger charge is 2.39. The molecule has 1 unspecified atom stereocenters. The lowest BCUT2D eigenvalue weighted by atomic mass is 9.74. The monoisotopic (exact) mass is 425 g/mol. The number of carbonyl (C=O) groups is 1. The number of halogens is 2. The molecule has 0 spiro atoms. The van der Waals surface area contributed by atoms with Gasteiger partial charge < -0.3 is 9.47 Å². The van der Waals surface area contributed by atoms with Gasteiger partial charge in [-0.3, -0.25) is 4.79 Å². The minimum absolute atomic E-state index is 0.133. The zero-order valence-corrected chi connectivity index (χ0v) is 15.9. The SMILES string of the molecule is CCOC(=O)C(C)(Cc1cc(OC)c(Cl)nc1I)C(C)C. The van der Waals surface area contributed by atoms with E-state index in [1.807, 2.05) is 33.8 Å². The first-order valence-corrected chi connectivity index (χ1v) is 8.28. The van der Waals surface area contributed by atoms with Gasteiger partial charge in [-0.25, -0.2) is 4.98 Å². The average molecular weight is 426 g/mol. The molecule has 1 atom stereocenters. The third-order valence-corrected chi connectivity index (χ3v) is 4.97. The Hall–Kier alpha value is -0.560. The zero-order valence-electron chi connectivity index (χ0n) is 13.0. The van der Waals surface area contributed by atoms with Crippen LogP contribution in [-0.4, -0.2) is 24.7 Å². The van der Waals surface area contributed by atoms with E-state index in [4.69, 9.17) is 21.1 Å². The summed E-state index contributed by atoms with van der Waals surface area (Å²) in [5.74, 6) is 0.459. The van der Waals surface area contributed by atoms with Gasteiger partial charge in [0.15, 0.2) is 10.9 Å². The van der Waals surface area contributed by atoms with Gasteiger partial charge in [0.1, 0.15) is 3.70 Å². The molecule has 21 heavy (non-hydrogen) atoms. The molecule has 1 rings (SSSR count). The fourth-order valence-electron chi connectivity index (χ4n) is 1.96. The summed E-state index contributed by atoms with van der Waals surface area (Å²) in [6.07, 6.45) is 0.530. The molecule has 0 aliphatic carbocycles. The van der Waals surface area contributed by atoms with Crippen molar-refractivity contribution in [1.29, 1.82) is 0 Å². The molecule has 1 aromatic rings. The van der Waals surface area contributed by atoms with E-state index in [2.05, 4.69) is 27.6 Å². The third-order valence-electron chi connectivity index (χ3n) is 3.76. The van der Waals surface area contributed by atoms with Gasteiger partial charge in [0.05, 0.1) is 19.1 Å². The van der Waals surface area contributed by atoms with Crippen molar-refractivity contribution in [2.45, 2.75) is 34.1 Å². The Kier molecular flexibility index (Phi) is 6.71. The molecule has 4 nitrogen and oxygen atoms in total. The van der Waals surface area contributed by atoms with Gasteiger partial charge in [0.2, 0.25) is 0 Å². The molecule has 1 aromatic heterocycles. The Balaban J connectivity index is 3.18. The Morgan fingerprint density at radius 1 is 1.52 bits per heavy atom. The molecular formula is C15H21ClINO3. The van der Waals surface area contributed by atoms with Crippen molar-refractivity contribution in [3.05, 3.63) is 20.5 Å². The molecule has 1 heterocycles. The molecule has 0 bridgehead atoms. The number of hydrogen-bond acceptors (Lipinski definition) is 4. The van der Waals surface area contributed by atoms with Crippen LogP contribution in [0.3, 0.4) is 0 Å². The smallest absolute Gasteiger partial charge is 0.312 e. The van der Waals surface area contributed by atoms with E-state index >= 15 is 0 Å². The summed E-state index contributed by atoms with van der Waals surface area (Å²) in [5.41, 5.74) is 0.317. The Morgan fingerprint density at radius 2 is 2.14 bits per heavy atom. The van der Waals surface area contributed by atoms with Crippen LogP contribution in [0.5, 0.6) is 5.75 Å². The second-order valence-electron chi connectivity index (χ2n) is 5.40. The van der Waals surface area contributed by atoms with Gasteiger partial charge in [-0.15, -0.1) is 0 Å². The van der Waals surface area contributed by atoms with E-state index in [1.54, 1.807) is 7.11 Å². The minimum Gasteiger partial charge on any atom is -0.494 e. The molecule has 0 amide bonds. The molecule has 0 aliphatic rings. The van der Waals surface area contributed by atoms with Crippen molar-refractivity contribution >= 4 is 40.2 Å². The molecule has 6 heteroatoms. The average Bonchev–Trinajstić information content (AvgIpc) is 2.41. The lowest BCUT2D eigenvalue weighted by molar-refractivity contribution is -0.157. The van der Waals surface area contributed by atoms with Crippen molar-refractivity contribution < 1.29 is 14.3 Å². The number of nitrogens with zero attached hydrogens (tertiary/aromatic N) is 1.